The fraction of sp³-hybridized carbons (Fsp3) is 0.176. The van der Waals surface area contributed by atoms with Gasteiger partial charge < -0.3 is 14.8 Å². The first-order chi connectivity index (χ1) is 11.5. The second-order valence-corrected chi connectivity index (χ2v) is 5.31. The summed E-state index contributed by atoms with van der Waals surface area (Å²) in [5, 5.41) is 10.4. The summed E-state index contributed by atoms with van der Waals surface area (Å²) in [6.45, 7) is -0.343. The van der Waals surface area contributed by atoms with Crippen molar-refractivity contribution in [2.24, 2.45) is 0 Å². The van der Waals surface area contributed by atoms with Crippen LogP contribution in [0.25, 0.3) is 10.9 Å². The van der Waals surface area contributed by atoms with Crippen LogP contribution in [0.3, 0.4) is 0 Å². The van der Waals surface area contributed by atoms with Crippen LogP contribution < -0.4 is 16.0 Å². The highest BCUT2D eigenvalue weighted by atomic mass is 19.1. The van der Waals surface area contributed by atoms with Gasteiger partial charge in [0.1, 0.15) is 24.3 Å². The molecule has 0 saturated carbocycles. The van der Waals surface area contributed by atoms with Crippen LogP contribution in [-0.4, -0.2) is 27.4 Å². The van der Waals surface area contributed by atoms with Gasteiger partial charge in [-0.2, -0.15) is 0 Å². The summed E-state index contributed by atoms with van der Waals surface area (Å²) in [4.78, 5) is 27.0. The molecule has 2 N–H and O–H groups in total. The second kappa shape index (κ2) is 6.67. The van der Waals surface area contributed by atoms with Gasteiger partial charge in [0.05, 0.1) is 17.4 Å². The van der Waals surface area contributed by atoms with Crippen molar-refractivity contribution in [2.75, 3.05) is 6.61 Å². The van der Waals surface area contributed by atoms with Crippen LogP contribution >= 0.6 is 0 Å². The van der Waals surface area contributed by atoms with Gasteiger partial charge in [-0.15, -0.1) is 0 Å². The van der Waals surface area contributed by atoms with E-state index in [9.17, 15) is 19.1 Å². The van der Waals surface area contributed by atoms with E-state index in [1.54, 1.807) is 24.3 Å². The molecular formula is C17H15FN2O4. The third-order valence-corrected chi connectivity index (χ3v) is 3.54. The summed E-state index contributed by atoms with van der Waals surface area (Å²) in [5.74, 6) is -0.00707. The lowest BCUT2D eigenvalue weighted by atomic mass is 10.2. The molecule has 0 bridgehead atoms. The number of para-hydroxylation sites is 1. The van der Waals surface area contributed by atoms with E-state index in [0.717, 1.165) is 4.57 Å². The van der Waals surface area contributed by atoms with Gasteiger partial charge in [-0.25, -0.2) is 9.18 Å². The highest BCUT2D eigenvalue weighted by Gasteiger charge is 2.12. The minimum Gasteiger partial charge on any atom is -0.491 e. The average molecular weight is 330 g/mol. The van der Waals surface area contributed by atoms with E-state index in [0.29, 0.717) is 16.7 Å². The predicted molar refractivity (Wildman–Crippen MR) is 86.7 cm³/mol. The number of aliphatic hydroxyl groups is 1. The molecule has 1 heterocycles. The molecule has 0 spiro atoms. The summed E-state index contributed by atoms with van der Waals surface area (Å²) in [6, 6.07) is 12.0. The molecule has 1 unspecified atom stereocenters. The SMILES string of the molecule is O=c1[nH]c2ccccc2c(=O)n1CC(O)COc1ccc(F)cc1. The van der Waals surface area contributed by atoms with E-state index in [1.807, 2.05) is 0 Å². The van der Waals surface area contributed by atoms with Crippen molar-refractivity contribution in [3.8, 4) is 5.75 Å². The maximum atomic E-state index is 12.8. The Bertz CT molecular complexity index is 963. The fourth-order valence-corrected chi connectivity index (χ4v) is 2.35. The second-order valence-electron chi connectivity index (χ2n) is 5.31. The zero-order chi connectivity index (χ0) is 17.1. The molecule has 0 saturated heterocycles. The van der Waals surface area contributed by atoms with Crippen LogP contribution in [-0.2, 0) is 6.54 Å². The first-order valence-corrected chi connectivity index (χ1v) is 7.33. The Balaban J connectivity index is 1.75. The van der Waals surface area contributed by atoms with E-state index in [-0.39, 0.29) is 13.2 Å². The van der Waals surface area contributed by atoms with E-state index >= 15 is 0 Å². The van der Waals surface area contributed by atoms with Gasteiger partial charge in [-0.3, -0.25) is 9.36 Å². The van der Waals surface area contributed by atoms with Crippen LogP contribution in [0.5, 0.6) is 5.75 Å². The van der Waals surface area contributed by atoms with Crippen molar-refractivity contribution in [2.45, 2.75) is 12.6 Å². The molecule has 0 aliphatic heterocycles. The summed E-state index contributed by atoms with van der Waals surface area (Å²) < 4.78 is 19.1. The van der Waals surface area contributed by atoms with E-state index in [4.69, 9.17) is 4.74 Å². The first-order valence-electron chi connectivity index (χ1n) is 7.33. The zero-order valence-electron chi connectivity index (χ0n) is 12.6. The number of aromatic amines is 1. The van der Waals surface area contributed by atoms with Crippen LogP contribution in [0, 0.1) is 5.82 Å². The lowest BCUT2D eigenvalue weighted by Crippen LogP contribution is -2.39. The molecule has 0 amide bonds. The van der Waals surface area contributed by atoms with Crippen molar-refractivity contribution in [1.29, 1.82) is 0 Å². The van der Waals surface area contributed by atoms with Gasteiger partial charge in [-0.05, 0) is 36.4 Å². The number of halogens is 1. The molecule has 0 aliphatic rings. The van der Waals surface area contributed by atoms with Crippen LogP contribution in [0.15, 0.2) is 58.1 Å². The number of nitrogens with one attached hydrogen (secondary N) is 1. The number of ether oxygens (including phenoxy) is 1. The lowest BCUT2D eigenvalue weighted by Gasteiger charge is -2.13. The molecule has 3 rings (SSSR count). The zero-order valence-corrected chi connectivity index (χ0v) is 12.6. The Morgan fingerprint density at radius 1 is 1.12 bits per heavy atom. The maximum absolute atomic E-state index is 12.8. The summed E-state index contributed by atoms with van der Waals surface area (Å²) >= 11 is 0. The highest BCUT2D eigenvalue weighted by molar-refractivity contribution is 5.76. The Morgan fingerprint density at radius 3 is 2.58 bits per heavy atom. The van der Waals surface area contributed by atoms with Crippen molar-refractivity contribution in [3.05, 3.63) is 75.2 Å². The number of benzene rings is 2. The quantitative estimate of drug-likeness (QED) is 0.738. The van der Waals surface area contributed by atoms with Crippen molar-refractivity contribution in [3.63, 3.8) is 0 Å². The summed E-state index contributed by atoms with van der Waals surface area (Å²) in [7, 11) is 0. The van der Waals surface area contributed by atoms with Gasteiger partial charge in [0.15, 0.2) is 0 Å². The molecule has 24 heavy (non-hydrogen) atoms. The van der Waals surface area contributed by atoms with Gasteiger partial charge in [0, 0.05) is 0 Å². The van der Waals surface area contributed by atoms with Gasteiger partial charge >= 0.3 is 5.69 Å². The first kappa shape index (κ1) is 15.9. The molecule has 3 aromatic rings. The number of rotatable bonds is 5. The molecule has 6 nitrogen and oxygen atoms in total. The summed E-state index contributed by atoms with van der Waals surface area (Å²) in [5.41, 5.74) is -0.629. The lowest BCUT2D eigenvalue weighted by molar-refractivity contribution is 0.0905. The number of hydrogen-bond acceptors (Lipinski definition) is 4. The molecule has 0 radical (unpaired) electrons. The normalized spacial score (nSPS) is 12.2. The van der Waals surface area contributed by atoms with E-state index < -0.39 is 23.2 Å². The number of H-pyrrole nitrogens is 1. The molecule has 2 aromatic carbocycles. The Labute approximate surface area is 135 Å². The van der Waals surface area contributed by atoms with Crippen molar-refractivity contribution < 1.29 is 14.2 Å². The van der Waals surface area contributed by atoms with Crippen LogP contribution in [0.4, 0.5) is 4.39 Å². The molecule has 7 heteroatoms. The van der Waals surface area contributed by atoms with Gasteiger partial charge in [-0.1, -0.05) is 12.1 Å². The molecular weight excluding hydrogens is 315 g/mol. The third-order valence-electron chi connectivity index (χ3n) is 3.54. The van der Waals surface area contributed by atoms with Crippen molar-refractivity contribution in [1.82, 2.24) is 9.55 Å². The number of aromatic nitrogens is 2. The minimum absolute atomic E-state index is 0.135. The Kier molecular flexibility index (Phi) is 4.43. The smallest absolute Gasteiger partial charge is 0.328 e. The van der Waals surface area contributed by atoms with E-state index in [1.165, 1.54) is 24.3 Å². The van der Waals surface area contributed by atoms with Crippen LogP contribution in [0.1, 0.15) is 0 Å². The molecule has 124 valence electrons. The fourth-order valence-electron chi connectivity index (χ4n) is 2.35. The molecule has 1 atom stereocenters. The van der Waals surface area contributed by atoms with Gasteiger partial charge in [0.2, 0.25) is 0 Å². The van der Waals surface area contributed by atoms with Crippen molar-refractivity contribution >= 4 is 10.9 Å². The topological polar surface area (TPSA) is 84.3 Å². The number of aliphatic hydroxyl groups excluding tert-OH is 1. The molecule has 0 aliphatic carbocycles. The standard InChI is InChI=1S/C17H15FN2O4/c18-11-5-7-13(8-6-11)24-10-12(21)9-20-16(22)14-3-1-2-4-15(14)19-17(20)23/h1-8,12,21H,9-10H2,(H,19,23). The third kappa shape index (κ3) is 3.36. The largest absolute Gasteiger partial charge is 0.491 e. The maximum Gasteiger partial charge on any atom is 0.328 e. The number of nitrogens with zero attached hydrogens (tertiary/aromatic N) is 1. The number of hydrogen-bond donors (Lipinski definition) is 2. The molecule has 0 fully saturated rings. The summed E-state index contributed by atoms with van der Waals surface area (Å²) in [6.07, 6.45) is -1.07. The highest BCUT2D eigenvalue weighted by Crippen LogP contribution is 2.11. The van der Waals surface area contributed by atoms with Crippen LogP contribution in [0.2, 0.25) is 0 Å². The molecule has 1 aromatic heterocycles. The Hall–Kier alpha value is -2.93. The number of fused-ring (bicyclic) bond motifs is 1. The Morgan fingerprint density at radius 2 is 1.83 bits per heavy atom. The van der Waals surface area contributed by atoms with Gasteiger partial charge in [0.25, 0.3) is 5.56 Å². The average Bonchev–Trinajstić information content (AvgIpc) is 2.58. The monoisotopic (exact) mass is 330 g/mol. The predicted octanol–water partition coefficient (Wildman–Crippen LogP) is 1.27. The van der Waals surface area contributed by atoms with E-state index in [2.05, 4.69) is 4.98 Å². The minimum atomic E-state index is -1.07.